The number of benzene rings is 1. The molecule has 0 aromatic heterocycles. The Morgan fingerprint density at radius 3 is 2.18 bits per heavy atom. The molecular formula is C14H16F3NO4. The Morgan fingerprint density at radius 2 is 1.77 bits per heavy atom. The molecule has 1 rings (SSSR count). The zero-order valence-corrected chi connectivity index (χ0v) is 12.0. The van der Waals surface area contributed by atoms with E-state index in [1.807, 2.05) is 0 Å². The molecule has 22 heavy (non-hydrogen) atoms. The molecule has 0 saturated heterocycles. The molecule has 8 heteroatoms. The van der Waals surface area contributed by atoms with Crippen LogP contribution < -0.4 is 5.32 Å². The van der Waals surface area contributed by atoms with Crippen LogP contribution in [0.2, 0.25) is 0 Å². The second-order valence-electron chi connectivity index (χ2n) is 4.95. The lowest BCUT2D eigenvalue weighted by Gasteiger charge is -2.35. The van der Waals surface area contributed by atoms with Gasteiger partial charge in [0.05, 0.1) is 0 Å². The van der Waals surface area contributed by atoms with E-state index in [1.165, 1.54) is 5.32 Å². The van der Waals surface area contributed by atoms with Crippen molar-refractivity contribution < 1.29 is 32.6 Å². The highest BCUT2D eigenvalue weighted by atomic mass is 19.4. The second kappa shape index (κ2) is 6.67. The number of halogens is 3. The van der Waals surface area contributed by atoms with Gasteiger partial charge in [0.15, 0.2) is 0 Å². The minimum absolute atomic E-state index is 0.266. The number of hydrogen-bond donors (Lipinski definition) is 2. The lowest BCUT2D eigenvalue weighted by atomic mass is 9.85. The van der Waals surface area contributed by atoms with E-state index in [0.717, 1.165) is 13.8 Å². The number of amides is 1. The van der Waals surface area contributed by atoms with Gasteiger partial charge in [-0.05, 0) is 11.5 Å². The van der Waals surface area contributed by atoms with E-state index in [1.54, 1.807) is 30.3 Å². The summed E-state index contributed by atoms with van der Waals surface area (Å²) in [5, 5.41) is 10.4. The number of carbonyl (C=O) groups excluding carboxylic acids is 1. The first-order chi connectivity index (χ1) is 10.1. The predicted molar refractivity (Wildman–Crippen MR) is 71.0 cm³/mol. The van der Waals surface area contributed by atoms with Crippen LogP contribution in [-0.4, -0.2) is 28.9 Å². The normalized spacial score (nSPS) is 14.3. The average Bonchev–Trinajstić information content (AvgIpc) is 2.41. The minimum atomic E-state index is -5.17. The number of rotatable bonds is 5. The molecule has 0 aliphatic heterocycles. The molecule has 0 fully saturated rings. The summed E-state index contributed by atoms with van der Waals surface area (Å²) >= 11 is 0. The number of carboxylic acid groups (broad SMARTS) is 1. The van der Waals surface area contributed by atoms with Crippen LogP contribution in [0.15, 0.2) is 30.3 Å². The summed E-state index contributed by atoms with van der Waals surface area (Å²) in [6.45, 7) is 1.84. The van der Waals surface area contributed by atoms with Gasteiger partial charge in [-0.3, -0.25) is 5.32 Å². The van der Waals surface area contributed by atoms with E-state index in [0.29, 0.717) is 5.56 Å². The number of alkyl carbamates (subject to hydrolysis) is 1. The molecule has 1 unspecified atom stereocenters. The minimum Gasteiger partial charge on any atom is -0.479 e. The van der Waals surface area contributed by atoms with Crippen molar-refractivity contribution in [3.05, 3.63) is 35.9 Å². The molecule has 2 N–H and O–H groups in total. The number of hydrogen-bond acceptors (Lipinski definition) is 3. The van der Waals surface area contributed by atoms with Crippen molar-refractivity contribution in [1.29, 1.82) is 0 Å². The van der Waals surface area contributed by atoms with E-state index < -0.39 is 29.7 Å². The molecule has 122 valence electrons. The molecule has 1 aromatic carbocycles. The third-order valence-corrected chi connectivity index (χ3v) is 3.16. The summed E-state index contributed by atoms with van der Waals surface area (Å²) in [5.41, 5.74) is -2.84. The van der Waals surface area contributed by atoms with Crippen molar-refractivity contribution in [2.24, 2.45) is 5.92 Å². The van der Waals surface area contributed by atoms with Crippen molar-refractivity contribution in [2.45, 2.75) is 32.2 Å². The van der Waals surface area contributed by atoms with Gasteiger partial charge in [-0.1, -0.05) is 44.2 Å². The smallest absolute Gasteiger partial charge is 0.422 e. The average molecular weight is 319 g/mol. The number of carboxylic acids is 1. The summed E-state index contributed by atoms with van der Waals surface area (Å²) in [4.78, 5) is 22.7. The fourth-order valence-electron chi connectivity index (χ4n) is 1.88. The van der Waals surface area contributed by atoms with Gasteiger partial charge in [0.2, 0.25) is 5.54 Å². The Labute approximate surface area is 125 Å². The van der Waals surface area contributed by atoms with Crippen LogP contribution in [0.25, 0.3) is 0 Å². The lowest BCUT2D eigenvalue weighted by Crippen LogP contribution is -2.67. The number of aliphatic carboxylic acids is 1. The topological polar surface area (TPSA) is 75.6 Å². The maximum Gasteiger partial charge on any atom is 0.422 e. The Bertz CT molecular complexity index is 531. The monoisotopic (exact) mass is 319 g/mol. The summed E-state index contributed by atoms with van der Waals surface area (Å²) in [6.07, 6.45) is -6.61. The molecule has 0 bridgehead atoms. The summed E-state index contributed by atoms with van der Waals surface area (Å²) < 4.78 is 44.1. The molecule has 0 aliphatic carbocycles. The molecular weight excluding hydrogens is 303 g/mol. The van der Waals surface area contributed by atoms with Crippen LogP contribution in [0.5, 0.6) is 0 Å². The fraction of sp³-hybridized carbons (Fsp3) is 0.429. The van der Waals surface area contributed by atoms with Gasteiger partial charge in [0, 0.05) is 0 Å². The molecule has 0 spiro atoms. The van der Waals surface area contributed by atoms with Crippen molar-refractivity contribution in [1.82, 2.24) is 5.32 Å². The molecule has 1 atom stereocenters. The summed E-state index contributed by atoms with van der Waals surface area (Å²) in [6, 6.07) is 8.29. The molecule has 0 saturated carbocycles. The molecule has 5 nitrogen and oxygen atoms in total. The third-order valence-electron chi connectivity index (χ3n) is 3.16. The molecule has 1 aromatic rings. The fourth-order valence-corrected chi connectivity index (χ4v) is 1.88. The standard InChI is InChI=1S/C14H16F3NO4/c1-9(2)13(11(19)20,14(15,16)17)18-12(21)22-8-10-6-4-3-5-7-10/h3-7,9H,8H2,1-2H3,(H,18,21)(H,19,20). The Morgan fingerprint density at radius 1 is 1.23 bits per heavy atom. The number of ether oxygens (including phenoxy) is 1. The molecule has 0 aliphatic rings. The van der Waals surface area contributed by atoms with Crippen LogP contribution in [0.1, 0.15) is 19.4 Å². The van der Waals surface area contributed by atoms with Gasteiger partial charge >= 0.3 is 18.2 Å². The Hall–Kier alpha value is -2.25. The highest BCUT2D eigenvalue weighted by molar-refractivity contribution is 5.85. The van der Waals surface area contributed by atoms with Crippen LogP contribution in [0.4, 0.5) is 18.0 Å². The number of alkyl halides is 3. The highest BCUT2D eigenvalue weighted by Crippen LogP contribution is 2.36. The maximum atomic E-state index is 13.1. The number of carbonyl (C=O) groups is 2. The SMILES string of the molecule is CC(C)C(NC(=O)OCc1ccccc1)(C(=O)O)C(F)(F)F. The zero-order valence-electron chi connectivity index (χ0n) is 12.0. The summed E-state index contributed by atoms with van der Waals surface area (Å²) in [5.74, 6) is -3.61. The first-order valence-electron chi connectivity index (χ1n) is 6.40. The van der Waals surface area contributed by atoms with Crippen molar-refractivity contribution >= 4 is 12.1 Å². The maximum absolute atomic E-state index is 13.1. The largest absolute Gasteiger partial charge is 0.479 e. The molecule has 1 amide bonds. The molecule has 0 heterocycles. The summed E-state index contributed by atoms with van der Waals surface area (Å²) in [7, 11) is 0. The van der Waals surface area contributed by atoms with E-state index >= 15 is 0 Å². The van der Waals surface area contributed by atoms with Gasteiger partial charge in [-0.25, -0.2) is 9.59 Å². The van der Waals surface area contributed by atoms with Crippen LogP contribution in [-0.2, 0) is 16.1 Å². The van der Waals surface area contributed by atoms with Crippen LogP contribution >= 0.6 is 0 Å². The van der Waals surface area contributed by atoms with Gasteiger partial charge in [0.25, 0.3) is 0 Å². The second-order valence-corrected chi connectivity index (χ2v) is 4.95. The zero-order chi connectivity index (χ0) is 17.0. The number of nitrogens with one attached hydrogen (secondary N) is 1. The van der Waals surface area contributed by atoms with E-state index in [2.05, 4.69) is 4.74 Å². The van der Waals surface area contributed by atoms with E-state index in [4.69, 9.17) is 5.11 Å². The Kier molecular flexibility index (Phi) is 5.40. The lowest BCUT2D eigenvalue weighted by molar-refractivity contribution is -0.218. The first kappa shape index (κ1) is 17.8. The predicted octanol–water partition coefficient (Wildman–Crippen LogP) is 2.95. The Balaban J connectivity index is 2.86. The third kappa shape index (κ3) is 3.69. The van der Waals surface area contributed by atoms with Crippen molar-refractivity contribution in [2.75, 3.05) is 0 Å². The van der Waals surface area contributed by atoms with Crippen LogP contribution in [0.3, 0.4) is 0 Å². The van der Waals surface area contributed by atoms with E-state index in [9.17, 15) is 22.8 Å². The van der Waals surface area contributed by atoms with Gasteiger partial charge in [-0.15, -0.1) is 0 Å². The van der Waals surface area contributed by atoms with Gasteiger partial charge < -0.3 is 9.84 Å². The van der Waals surface area contributed by atoms with Crippen LogP contribution in [0, 0.1) is 5.92 Å². The van der Waals surface area contributed by atoms with Gasteiger partial charge in [-0.2, -0.15) is 13.2 Å². The van der Waals surface area contributed by atoms with Crippen molar-refractivity contribution in [3.63, 3.8) is 0 Å². The van der Waals surface area contributed by atoms with E-state index in [-0.39, 0.29) is 6.61 Å². The van der Waals surface area contributed by atoms with Gasteiger partial charge in [0.1, 0.15) is 6.61 Å². The quantitative estimate of drug-likeness (QED) is 0.875. The molecule has 0 radical (unpaired) electrons. The first-order valence-corrected chi connectivity index (χ1v) is 6.40. The van der Waals surface area contributed by atoms with Crippen molar-refractivity contribution in [3.8, 4) is 0 Å². The highest BCUT2D eigenvalue weighted by Gasteiger charge is 2.64.